The summed E-state index contributed by atoms with van der Waals surface area (Å²) in [5.41, 5.74) is 0. The highest BCUT2D eigenvalue weighted by Gasteiger charge is 2.07. The van der Waals surface area contributed by atoms with E-state index in [1.807, 2.05) is 0 Å². The number of phenolic OH excluding ortho intramolecular Hbond substituents is 2. The van der Waals surface area contributed by atoms with Crippen molar-refractivity contribution in [1.82, 2.24) is 0 Å². The molecule has 0 aliphatic heterocycles. The summed E-state index contributed by atoms with van der Waals surface area (Å²) < 4.78 is 21.6. The van der Waals surface area contributed by atoms with E-state index in [1.165, 1.54) is 26.4 Å². The molecule has 3 rings (SSSR count). The summed E-state index contributed by atoms with van der Waals surface area (Å²) >= 11 is 0. The number of benzene rings is 3. The van der Waals surface area contributed by atoms with E-state index in [0.29, 0.717) is 34.5 Å². The summed E-state index contributed by atoms with van der Waals surface area (Å²) in [7, 11) is 2.95. The van der Waals surface area contributed by atoms with Crippen molar-refractivity contribution in [2.75, 3.05) is 14.2 Å². The summed E-state index contributed by atoms with van der Waals surface area (Å²) in [5, 5.41) is 19.2. The molecule has 0 unspecified atom stereocenters. The third-order valence-corrected chi connectivity index (χ3v) is 3.60. The molecular formula is C20H18O6. The van der Waals surface area contributed by atoms with Crippen LogP contribution in [-0.4, -0.2) is 24.4 Å². The Morgan fingerprint density at radius 1 is 0.538 bits per heavy atom. The minimum atomic E-state index is 0.0490. The maximum absolute atomic E-state index is 9.61. The van der Waals surface area contributed by atoms with Crippen LogP contribution in [-0.2, 0) is 0 Å². The first-order chi connectivity index (χ1) is 12.6. The highest BCUT2D eigenvalue weighted by molar-refractivity contribution is 5.47. The van der Waals surface area contributed by atoms with Crippen LogP contribution >= 0.6 is 0 Å². The lowest BCUT2D eigenvalue weighted by atomic mass is 10.3. The monoisotopic (exact) mass is 354 g/mol. The fourth-order valence-electron chi connectivity index (χ4n) is 2.29. The average Bonchev–Trinajstić information content (AvgIpc) is 2.66. The third kappa shape index (κ3) is 3.92. The van der Waals surface area contributed by atoms with Gasteiger partial charge in [0.25, 0.3) is 0 Å². The minimum Gasteiger partial charge on any atom is -0.504 e. The van der Waals surface area contributed by atoms with E-state index in [0.717, 1.165) is 0 Å². The lowest BCUT2D eigenvalue weighted by molar-refractivity contribution is 0.369. The smallest absolute Gasteiger partial charge is 0.164 e. The molecule has 0 aliphatic carbocycles. The van der Waals surface area contributed by atoms with Crippen molar-refractivity contribution in [3.05, 3.63) is 60.7 Å². The Hall–Kier alpha value is -3.54. The van der Waals surface area contributed by atoms with Crippen LogP contribution in [0.4, 0.5) is 0 Å². The van der Waals surface area contributed by atoms with Gasteiger partial charge in [-0.25, -0.2) is 0 Å². The summed E-state index contributed by atoms with van der Waals surface area (Å²) in [6.07, 6.45) is 0. The van der Waals surface area contributed by atoms with Gasteiger partial charge in [0, 0.05) is 12.1 Å². The number of hydrogen-bond acceptors (Lipinski definition) is 6. The first-order valence-electron chi connectivity index (χ1n) is 7.79. The molecule has 134 valence electrons. The van der Waals surface area contributed by atoms with Gasteiger partial charge in [-0.05, 0) is 48.5 Å². The van der Waals surface area contributed by atoms with Gasteiger partial charge in [0.2, 0.25) is 0 Å². The van der Waals surface area contributed by atoms with E-state index in [1.54, 1.807) is 48.5 Å². The van der Waals surface area contributed by atoms with Crippen LogP contribution < -0.4 is 18.9 Å². The van der Waals surface area contributed by atoms with Crippen molar-refractivity contribution in [2.24, 2.45) is 0 Å². The zero-order chi connectivity index (χ0) is 18.5. The summed E-state index contributed by atoms with van der Waals surface area (Å²) in [6.45, 7) is 0. The van der Waals surface area contributed by atoms with Gasteiger partial charge < -0.3 is 29.2 Å². The molecule has 0 fully saturated rings. The lowest BCUT2D eigenvalue weighted by Gasteiger charge is -2.11. The Balaban J connectivity index is 1.70. The van der Waals surface area contributed by atoms with Crippen LogP contribution in [0.1, 0.15) is 0 Å². The predicted molar refractivity (Wildman–Crippen MR) is 95.9 cm³/mol. The number of hydrogen-bond donors (Lipinski definition) is 2. The van der Waals surface area contributed by atoms with Gasteiger partial charge in [0.1, 0.15) is 23.0 Å². The van der Waals surface area contributed by atoms with Crippen LogP contribution in [0, 0.1) is 0 Å². The molecule has 0 bridgehead atoms. The van der Waals surface area contributed by atoms with E-state index in [2.05, 4.69) is 0 Å². The molecule has 0 atom stereocenters. The van der Waals surface area contributed by atoms with Crippen molar-refractivity contribution in [2.45, 2.75) is 0 Å². The van der Waals surface area contributed by atoms with Crippen molar-refractivity contribution in [3.8, 4) is 46.0 Å². The molecule has 0 amide bonds. The molecule has 0 aliphatic rings. The van der Waals surface area contributed by atoms with Gasteiger partial charge >= 0.3 is 0 Å². The first-order valence-corrected chi connectivity index (χ1v) is 7.79. The first kappa shape index (κ1) is 17.3. The molecule has 6 nitrogen and oxygen atoms in total. The Labute approximate surface area is 150 Å². The van der Waals surface area contributed by atoms with Crippen molar-refractivity contribution >= 4 is 0 Å². The fraction of sp³-hybridized carbons (Fsp3) is 0.100. The molecule has 3 aromatic carbocycles. The quantitative estimate of drug-likeness (QED) is 0.668. The van der Waals surface area contributed by atoms with Gasteiger partial charge in [-0.3, -0.25) is 0 Å². The summed E-state index contributed by atoms with van der Waals surface area (Å²) in [4.78, 5) is 0. The SMILES string of the molecule is COc1cc(Oc2ccc(Oc3ccc(O)c(OC)c3)cc2)ccc1O. The summed E-state index contributed by atoms with van der Waals surface area (Å²) in [6, 6.07) is 16.5. The molecule has 0 saturated heterocycles. The van der Waals surface area contributed by atoms with E-state index < -0.39 is 0 Å². The van der Waals surface area contributed by atoms with Crippen LogP contribution in [0.2, 0.25) is 0 Å². The highest BCUT2D eigenvalue weighted by atomic mass is 16.5. The third-order valence-electron chi connectivity index (χ3n) is 3.60. The van der Waals surface area contributed by atoms with Crippen molar-refractivity contribution < 1.29 is 29.2 Å². The lowest BCUT2D eigenvalue weighted by Crippen LogP contribution is -1.89. The molecule has 0 aromatic heterocycles. The van der Waals surface area contributed by atoms with Crippen LogP contribution in [0.3, 0.4) is 0 Å². The van der Waals surface area contributed by atoms with Crippen molar-refractivity contribution in [1.29, 1.82) is 0 Å². The van der Waals surface area contributed by atoms with Gasteiger partial charge in [0.05, 0.1) is 14.2 Å². The maximum atomic E-state index is 9.61. The van der Waals surface area contributed by atoms with E-state index in [-0.39, 0.29) is 11.5 Å². The van der Waals surface area contributed by atoms with E-state index in [4.69, 9.17) is 18.9 Å². The second-order valence-corrected chi connectivity index (χ2v) is 5.34. The molecule has 6 heteroatoms. The molecule has 0 spiro atoms. The molecular weight excluding hydrogens is 336 g/mol. The number of ether oxygens (including phenoxy) is 4. The predicted octanol–water partition coefficient (Wildman–Crippen LogP) is 4.70. The topological polar surface area (TPSA) is 77.4 Å². The second-order valence-electron chi connectivity index (χ2n) is 5.34. The van der Waals surface area contributed by atoms with Gasteiger partial charge in [-0.15, -0.1) is 0 Å². The molecule has 3 aromatic rings. The highest BCUT2D eigenvalue weighted by Crippen LogP contribution is 2.34. The molecule has 26 heavy (non-hydrogen) atoms. The van der Waals surface area contributed by atoms with Gasteiger partial charge in [0.15, 0.2) is 23.0 Å². The van der Waals surface area contributed by atoms with E-state index >= 15 is 0 Å². The Morgan fingerprint density at radius 2 is 0.885 bits per heavy atom. The Bertz CT molecular complexity index is 815. The second kappa shape index (κ2) is 7.57. The van der Waals surface area contributed by atoms with E-state index in [9.17, 15) is 10.2 Å². The Morgan fingerprint density at radius 3 is 1.23 bits per heavy atom. The standard InChI is InChI=1S/C20H18O6/c1-23-19-11-15(7-9-17(19)21)25-13-3-5-14(6-4-13)26-16-8-10-18(22)20(12-16)24-2/h3-12,21-22H,1-2H3. The van der Waals surface area contributed by atoms with Crippen LogP contribution in [0.5, 0.6) is 46.0 Å². The number of aromatic hydroxyl groups is 2. The number of methoxy groups -OCH3 is 2. The average molecular weight is 354 g/mol. The summed E-state index contributed by atoms with van der Waals surface area (Å²) in [5.74, 6) is 3.06. The zero-order valence-electron chi connectivity index (χ0n) is 14.3. The van der Waals surface area contributed by atoms with Gasteiger partial charge in [-0.1, -0.05) is 0 Å². The molecule has 0 saturated carbocycles. The maximum Gasteiger partial charge on any atom is 0.164 e. The van der Waals surface area contributed by atoms with Crippen molar-refractivity contribution in [3.63, 3.8) is 0 Å². The normalized spacial score (nSPS) is 10.2. The molecule has 0 radical (unpaired) electrons. The number of phenols is 2. The van der Waals surface area contributed by atoms with Crippen LogP contribution in [0.15, 0.2) is 60.7 Å². The van der Waals surface area contributed by atoms with Crippen LogP contribution in [0.25, 0.3) is 0 Å². The largest absolute Gasteiger partial charge is 0.504 e. The number of rotatable bonds is 6. The zero-order valence-corrected chi connectivity index (χ0v) is 14.3. The molecule has 2 N–H and O–H groups in total. The minimum absolute atomic E-state index is 0.0490. The Kier molecular flexibility index (Phi) is 5.03. The molecule has 0 heterocycles. The fourth-order valence-corrected chi connectivity index (χ4v) is 2.29. The van der Waals surface area contributed by atoms with Gasteiger partial charge in [-0.2, -0.15) is 0 Å².